The molecule has 158 valence electrons. The van der Waals surface area contributed by atoms with E-state index in [2.05, 4.69) is 37.0 Å². The van der Waals surface area contributed by atoms with Crippen LogP contribution >= 0.6 is 0 Å². The number of aliphatic hydroxyl groups excluding tert-OH is 1. The molecule has 4 rings (SSSR count). The first kappa shape index (κ1) is 21.4. The third-order valence-corrected chi connectivity index (χ3v) is 5.72. The predicted molar refractivity (Wildman–Crippen MR) is 125 cm³/mol. The van der Waals surface area contributed by atoms with Gasteiger partial charge in [0.05, 0.1) is 11.6 Å². The summed E-state index contributed by atoms with van der Waals surface area (Å²) in [7, 11) is 0. The summed E-state index contributed by atoms with van der Waals surface area (Å²) in [4.78, 5) is 9.19. The highest BCUT2D eigenvalue weighted by atomic mass is 16.3. The molecule has 1 atom stereocenters. The quantitative estimate of drug-likeness (QED) is 0.465. The minimum atomic E-state index is -0.638. The van der Waals surface area contributed by atoms with Crippen LogP contribution in [0.25, 0.3) is 0 Å². The average Bonchev–Trinajstić information content (AvgIpc) is 2.82. The Labute approximate surface area is 188 Å². The molecule has 0 saturated carbocycles. The molecule has 1 aromatic heterocycles. The average molecular weight is 420 g/mol. The van der Waals surface area contributed by atoms with Crippen molar-refractivity contribution in [1.29, 1.82) is 5.26 Å². The van der Waals surface area contributed by atoms with Crippen LogP contribution in [0, 0.1) is 25.2 Å². The molecular weight excluding hydrogens is 394 g/mol. The summed E-state index contributed by atoms with van der Waals surface area (Å²) in [5, 5.41) is 19.7. The van der Waals surface area contributed by atoms with Gasteiger partial charge in [0.15, 0.2) is 0 Å². The number of rotatable bonds is 6. The van der Waals surface area contributed by atoms with Gasteiger partial charge in [-0.25, -0.2) is 9.97 Å². The second-order valence-corrected chi connectivity index (χ2v) is 8.07. The van der Waals surface area contributed by atoms with Crippen LogP contribution in [0.15, 0.2) is 79.0 Å². The van der Waals surface area contributed by atoms with Crippen molar-refractivity contribution in [3.8, 4) is 6.07 Å². The molecule has 32 heavy (non-hydrogen) atoms. The number of benzene rings is 3. The van der Waals surface area contributed by atoms with Crippen molar-refractivity contribution in [2.75, 3.05) is 0 Å². The number of hydrogen-bond donors (Lipinski definition) is 1. The molecule has 4 aromatic rings. The SMILES string of the molecule is Cc1cc(C(O)c2ccccc2)cc(C)c1Cc1ccnc(Cc2ccc(C#N)cc2)n1. The van der Waals surface area contributed by atoms with E-state index in [4.69, 9.17) is 10.2 Å². The molecule has 0 aliphatic heterocycles. The largest absolute Gasteiger partial charge is 0.384 e. The highest BCUT2D eigenvalue weighted by Gasteiger charge is 2.14. The number of nitrogens with zero attached hydrogens (tertiary/aromatic N) is 3. The summed E-state index contributed by atoms with van der Waals surface area (Å²) in [6.07, 6.45) is 2.50. The Balaban J connectivity index is 1.54. The summed E-state index contributed by atoms with van der Waals surface area (Å²) in [5.41, 5.74) is 7.98. The molecule has 3 aromatic carbocycles. The predicted octanol–water partition coefficient (Wildman–Crippen LogP) is 5.23. The van der Waals surface area contributed by atoms with Gasteiger partial charge in [0.1, 0.15) is 11.9 Å². The fourth-order valence-electron chi connectivity index (χ4n) is 3.98. The lowest BCUT2D eigenvalue weighted by Crippen LogP contribution is -2.05. The van der Waals surface area contributed by atoms with Gasteiger partial charge in [0, 0.05) is 24.7 Å². The van der Waals surface area contributed by atoms with E-state index in [0.29, 0.717) is 18.4 Å². The highest BCUT2D eigenvalue weighted by molar-refractivity contribution is 5.43. The fraction of sp³-hybridized carbons (Fsp3) is 0.179. The molecule has 0 aliphatic rings. The van der Waals surface area contributed by atoms with Crippen LogP contribution in [0.2, 0.25) is 0 Å². The van der Waals surface area contributed by atoms with Crippen LogP contribution in [-0.2, 0) is 12.8 Å². The lowest BCUT2D eigenvalue weighted by molar-refractivity contribution is 0.220. The monoisotopic (exact) mass is 419 g/mol. The van der Waals surface area contributed by atoms with Gasteiger partial charge in [-0.15, -0.1) is 0 Å². The Morgan fingerprint density at radius 3 is 2.22 bits per heavy atom. The molecular formula is C28H25N3O. The second kappa shape index (κ2) is 9.55. The van der Waals surface area contributed by atoms with E-state index >= 15 is 0 Å². The number of aliphatic hydroxyl groups is 1. The number of nitriles is 1. The van der Waals surface area contributed by atoms with Crippen LogP contribution in [-0.4, -0.2) is 15.1 Å². The van der Waals surface area contributed by atoms with Crippen LogP contribution < -0.4 is 0 Å². The molecule has 1 N–H and O–H groups in total. The van der Waals surface area contributed by atoms with E-state index in [-0.39, 0.29) is 0 Å². The summed E-state index contributed by atoms with van der Waals surface area (Å²) < 4.78 is 0. The normalized spacial score (nSPS) is 11.7. The zero-order chi connectivity index (χ0) is 22.5. The number of aromatic nitrogens is 2. The van der Waals surface area contributed by atoms with Gasteiger partial charge in [0.2, 0.25) is 0 Å². The van der Waals surface area contributed by atoms with Gasteiger partial charge < -0.3 is 5.11 Å². The Hall–Kier alpha value is -3.81. The molecule has 0 amide bonds. The van der Waals surface area contributed by atoms with Gasteiger partial charge in [-0.05, 0) is 65.4 Å². The Bertz CT molecular complexity index is 1240. The molecule has 0 radical (unpaired) electrons. The molecule has 0 spiro atoms. The molecule has 0 bridgehead atoms. The first-order chi connectivity index (χ1) is 15.5. The van der Waals surface area contributed by atoms with Crippen molar-refractivity contribution in [3.05, 3.63) is 129 Å². The number of hydrogen-bond acceptors (Lipinski definition) is 4. The molecule has 1 unspecified atom stereocenters. The van der Waals surface area contributed by atoms with Crippen LogP contribution in [0.5, 0.6) is 0 Å². The molecule has 4 heteroatoms. The standard InChI is InChI=1S/C28H25N3O/c1-19-14-24(28(32)23-6-4-3-5-7-23)15-20(2)26(19)17-25-12-13-30-27(31-25)16-21-8-10-22(18-29)11-9-21/h3-15,28,32H,16-17H2,1-2H3. The van der Waals surface area contributed by atoms with Crippen LogP contribution in [0.3, 0.4) is 0 Å². The second-order valence-electron chi connectivity index (χ2n) is 8.07. The topological polar surface area (TPSA) is 69.8 Å². The Morgan fingerprint density at radius 1 is 0.875 bits per heavy atom. The lowest BCUT2D eigenvalue weighted by Gasteiger charge is -2.17. The molecule has 0 aliphatic carbocycles. The molecule has 0 fully saturated rings. The first-order valence-corrected chi connectivity index (χ1v) is 10.7. The van der Waals surface area contributed by atoms with Gasteiger partial charge in [0.25, 0.3) is 0 Å². The minimum Gasteiger partial charge on any atom is -0.384 e. The summed E-state index contributed by atoms with van der Waals surface area (Å²) in [5.74, 6) is 0.763. The first-order valence-electron chi connectivity index (χ1n) is 10.7. The summed E-state index contributed by atoms with van der Waals surface area (Å²) in [6, 6.07) is 25.5. The van der Waals surface area contributed by atoms with E-state index < -0.39 is 6.10 Å². The smallest absolute Gasteiger partial charge is 0.132 e. The van der Waals surface area contributed by atoms with Crippen LogP contribution in [0.1, 0.15) is 56.6 Å². The van der Waals surface area contributed by atoms with Crippen molar-refractivity contribution in [2.24, 2.45) is 0 Å². The Morgan fingerprint density at radius 2 is 1.56 bits per heavy atom. The molecule has 0 saturated heterocycles. The minimum absolute atomic E-state index is 0.625. The highest BCUT2D eigenvalue weighted by Crippen LogP contribution is 2.27. The zero-order valence-corrected chi connectivity index (χ0v) is 18.3. The molecule has 1 heterocycles. The molecule has 4 nitrogen and oxygen atoms in total. The van der Waals surface area contributed by atoms with E-state index in [1.54, 1.807) is 6.20 Å². The Kier molecular flexibility index (Phi) is 6.39. The van der Waals surface area contributed by atoms with Crippen molar-refractivity contribution in [2.45, 2.75) is 32.8 Å². The number of aryl methyl sites for hydroxylation is 2. The van der Waals surface area contributed by atoms with Crippen LogP contribution in [0.4, 0.5) is 0 Å². The van der Waals surface area contributed by atoms with Crippen molar-refractivity contribution >= 4 is 0 Å². The van der Waals surface area contributed by atoms with Gasteiger partial charge >= 0.3 is 0 Å². The van der Waals surface area contributed by atoms with E-state index in [1.165, 1.54) is 5.56 Å². The van der Waals surface area contributed by atoms with E-state index in [0.717, 1.165) is 39.3 Å². The van der Waals surface area contributed by atoms with E-state index in [1.807, 2.05) is 60.7 Å². The summed E-state index contributed by atoms with van der Waals surface area (Å²) >= 11 is 0. The lowest BCUT2D eigenvalue weighted by atomic mass is 9.92. The van der Waals surface area contributed by atoms with Crippen molar-refractivity contribution in [1.82, 2.24) is 9.97 Å². The van der Waals surface area contributed by atoms with Gasteiger partial charge in [-0.2, -0.15) is 5.26 Å². The van der Waals surface area contributed by atoms with Gasteiger partial charge in [-0.3, -0.25) is 0 Å². The third kappa shape index (κ3) is 4.91. The fourth-order valence-corrected chi connectivity index (χ4v) is 3.98. The van der Waals surface area contributed by atoms with Crippen molar-refractivity contribution in [3.63, 3.8) is 0 Å². The maximum atomic E-state index is 10.8. The maximum absolute atomic E-state index is 10.8. The summed E-state index contributed by atoms with van der Waals surface area (Å²) in [6.45, 7) is 4.17. The maximum Gasteiger partial charge on any atom is 0.132 e. The van der Waals surface area contributed by atoms with Gasteiger partial charge in [-0.1, -0.05) is 54.6 Å². The zero-order valence-electron chi connectivity index (χ0n) is 18.3. The van der Waals surface area contributed by atoms with E-state index in [9.17, 15) is 5.11 Å². The van der Waals surface area contributed by atoms with Crippen molar-refractivity contribution < 1.29 is 5.11 Å². The third-order valence-electron chi connectivity index (χ3n) is 5.72.